The van der Waals surface area contributed by atoms with Crippen molar-refractivity contribution in [2.75, 3.05) is 24.2 Å². The quantitative estimate of drug-likeness (QED) is 0.472. The lowest BCUT2D eigenvalue weighted by Crippen LogP contribution is -2.52. The van der Waals surface area contributed by atoms with Crippen LogP contribution in [0.25, 0.3) is 0 Å². The summed E-state index contributed by atoms with van der Waals surface area (Å²) in [6, 6.07) is 12.1. The molecule has 2 aromatic rings. The van der Waals surface area contributed by atoms with Crippen molar-refractivity contribution in [3.63, 3.8) is 0 Å². The van der Waals surface area contributed by atoms with Crippen molar-refractivity contribution in [3.8, 4) is 5.75 Å². The first-order chi connectivity index (χ1) is 16.3. The molecule has 35 heavy (non-hydrogen) atoms. The number of hydrogen-bond donors (Lipinski definition) is 1. The fraction of sp³-hybridized carbons (Fsp3) is 0.400. The van der Waals surface area contributed by atoms with Gasteiger partial charge in [-0.3, -0.25) is 18.7 Å². The molecule has 2 amide bonds. The van der Waals surface area contributed by atoms with E-state index in [2.05, 4.69) is 5.32 Å². The molecule has 0 radical (unpaired) electrons. The van der Waals surface area contributed by atoms with Crippen molar-refractivity contribution in [1.82, 2.24) is 10.2 Å². The van der Waals surface area contributed by atoms with Gasteiger partial charge in [-0.2, -0.15) is 0 Å². The maximum atomic E-state index is 13.5. The molecule has 0 aromatic heterocycles. The Hall–Kier alpha value is -3.40. The van der Waals surface area contributed by atoms with Crippen molar-refractivity contribution in [2.45, 2.75) is 46.3 Å². The van der Waals surface area contributed by atoms with Crippen LogP contribution in [0.5, 0.6) is 5.75 Å². The van der Waals surface area contributed by atoms with E-state index in [4.69, 9.17) is 4.74 Å². The van der Waals surface area contributed by atoms with Gasteiger partial charge in [-0.1, -0.05) is 24.3 Å². The molecule has 1 unspecified atom stereocenters. The topological polar surface area (TPSA) is 113 Å². The largest absolute Gasteiger partial charge is 0.497 e. The molecule has 0 saturated heterocycles. The van der Waals surface area contributed by atoms with Crippen LogP contribution >= 0.6 is 0 Å². The zero-order valence-electron chi connectivity index (χ0n) is 20.9. The van der Waals surface area contributed by atoms with Crippen molar-refractivity contribution < 1.29 is 27.5 Å². The molecular weight excluding hydrogens is 470 g/mol. The SMILES string of the molecule is COc1ccc(CN(C(=O)CN(c2cccc(C(C)=O)c2)S(C)(=O)=O)C(C)C(=O)NC(C)C)cc1. The third-order valence-electron chi connectivity index (χ3n) is 5.33. The van der Waals surface area contributed by atoms with Crippen molar-refractivity contribution in [1.29, 1.82) is 0 Å². The Bertz CT molecular complexity index is 1160. The molecule has 9 nitrogen and oxygen atoms in total. The molecule has 0 saturated carbocycles. The van der Waals surface area contributed by atoms with E-state index in [0.29, 0.717) is 11.3 Å². The van der Waals surface area contributed by atoms with Crippen LogP contribution < -0.4 is 14.4 Å². The van der Waals surface area contributed by atoms with Gasteiger partial charge in [0.25, 0.3) is 0 Å². The molecule has 0 aliphatic heterocycles. The summed E-state index contributed by atoms with van der Waals surface area (Å²) in [7, 11) is -2.33. The van der Waals surface area contributed by atoms with E-state index < -0.39 is 28.5 Å². The summed E-state index contributed by atoms with van der Waals surface area (Å²) in [5.41, 5.74) is 1.26. The van der Waals surface area contributed by atoms with Crippen LogP contribution in [-0.4, -0.2) is 62.9 Å². The van der Waals surface area contributed by atoms with Gasteiger partial charge in [0.15, 0.2) is 5.78 Å². The number of amides is 2. The van der Waals surface area contributed by atoms with E-state index in [1.165, 1.54) is 24.0 Å². The second-order valence-electron chi connectivity index (χ2n) is 8.59. The van der Waals surface area contributed by atoms with E-state index in [0.717, 1.165) is 16.1 Å². The van der Waals surface area contributed by atoms with Gasteiger partial charge in [0.05, 0.1) is 19.1 Å². The van der Waals surface area contributed by atoms with Crippen LogP contribution in [0.15, 0.2) is 48.5 Å². The van der Waals surface area contributed by atoms with E-state index in [9.17, 15) is 22.8 Å². The second kappa shape index (κ2) is 11.8. The number of anilines is 1. The molecule has 0 fully saturated rings. The number of sulfonamides is 1. The highest BCUT2D eigenvalue weighted by molar-refractivity contribution is 7.92. The first-order valence-electron chi connectivity index (χ1n) is 11.1. The number of carbonyl (C=O) groups excluding carboxylic acids is 3. The number of nitrogens with one attached hydrogen (secondary N) is 1. The van der Waals surface area contributed by atoms with E-state index in [-0.39, 0.29) is 30.0 Å². The molecule has 2 aromatic carbocycles. The molecule has 0 heterocycles. The van der Waals surface area contributed by atoms with Crippen molar-refractivity contribution >= 4 is 33.3 Å². The van der Waals surface area contributed by atoms with Crippen LogP contribution in [0.4, 0.5) is 5.69 Å². The van der Waals surface area contributed by atoms with Crippen LogP contribution in [0, 0.1) is 0 Å². The fourth-order valence-corrected chi connectivity index (χ4v) is 4.25. The van der Waals surface area contributed by atoms with Gasteiger partial charge in [0.2, 0.25) is 21.8 Å². The number of Topliss-reactive ketones (excluding diaryl/α,β-unsaturated/α-hetero) is 1. The lowest BCUT2D eigenvalue weighted by molar-refractivity contribution is -0.139. The lowest BCUT2D eigenvalue weighted by atomic mass is 10.1. The number of nitrogens with zero attached hydrogens (tertiary/aromatic N) is 2. The van der Waals surface area contributed by atoms with Gasteiger partial charge < -0.3 is 15.0 Å². The Morgan fingerprint density at radius 1 is 1.03 bits per heavy atom. The molecule has 0 spiro atoms. The minimum atomic E-state index is -3.88. The van der Waals surface area contributed by atoms with E-state index in [1.807, 2.05) is 13.8 Å². The Morgan fingerprint density at radius 3 is 2.17 bits per heavy atom. The highest BCUT2D eigenvalue weighted by Crippen LogP contribution is 2.21. The Kier molecular flexibility index (Phi) is 9.41. The number of ketones is 1. The minimum Gasteiger partial charge on any atom is -0.497 e. The second-order valence-corrected chi connectivity index (χ2v) is 10.5. The molecule has 1 atom stereocenters. The summed E-state index contributed by atoms with van der Waals surface area (Å²) < 4.78 is 31.4. The van der Waals surface area contributed by atoms with Crippen molar-refractivity contribution in [3.05, 3.63) is 59.7 Å². The molecule has 190 valence electrons. The highest BCUT2D eigenvalue weighted by atomic mass is 32.2. The summed E-state index contributed by atoms with van der Waals surface area (Å²) in [4.78, 5) is 39.4. The molecule has 0 aliphatic carbocycles. The van der Waals surface area contributed by atoms with Crippen LogP contribution in [0.1, 0.15) is 43.6 Å². The highest BCUT2D eigenvalue weighted by Gasteiger charge is 2.30. The van der Waals surface area contributed by atoms with E-state index in [1.54, 1.807) is 50.4 Å². The zero-order chi connectivity index (χ0) is 26.3. The predicted molar refractivity (Wildman–Crippen MR) is 135 cm³/mol. The zero-order valence-corrected chi connectivity index (χ0v) is 21.8. The number of carbonyl (C=O) groups is 3. The van der Waals surface area contributed by atoms with Crippen LogP contribution in [-0.2, 0) is 26.2 Å². The summed E-state index contributed by atoms with van der Waals surface area (Å²) in [6.07, 6.45) is 0.990. The summed E-state index contributed by atoms with van der Waals surface area (Å²) in [6.45, 7) is 6.15. The summed E-state index contributed by atoms with van der Waals surface area (Å²) in [5, 5.41) is 2.79. The smallest absolute Gasteiger partial charge is 0.244 e. The first kappa shape index (κ1) is 27.8. The van der Waals surface area contributed by atoms with Gasteiger partial charge in [-0.25, -0.2) is 8.42 Å². The fourth-order valence-electron chi connectivity index (χ4n) is 3.41. The summed E-state index contributed by atoms with van der Waals surface area (Å²) >= 11 is 0. The Morgan fingerprint density at radius 2 is 1.66 bits per heavy atom. The van der Waals surface area contributed by atoms with Crippen LogP contribution in [0.2, 0.25) is 0 Å². The summed E-state index contributed by atoms with van der Waals surface area (Å²) in [5.74, 6) is -0.505. The third-order valence-corrected chi connectivity index (χ3v) is 6.47. The predicted octanol–water partition coefficient (Wildman–Crippen LogP) is 2.61. The minimum absolute atomic E-state index is 0.0839. The molecule has 10 heteroatoms. The third kappa shape index (κ3) is 7.81. The normalized spacial score (nSPS) is 12.1. The average Bonchev–Trinajstić information content (AvgIpc) is 2.79. The number of hydrogen-bond acceptors (Lipinski definition) is 6. The number of methoxy groups -OCH3 is 1. The first-order valence-corrected chi connectivity index (χ1v) is 13.0. The lowest BCUT2D eigenvalue weighted by Gasteiger charge is -2.32. The van der Waals surface area contributed by atoms with Gasteiger partial charge in [-0.15, -0.1) is 0 Å². The number of benzene rings is 2. The maximum absolute atomic E-state index is 13.5. The molecular formula is C25H33N3O6S. The average molecular weight is 504 g/mol. The maximum Gasteiger partial charge on any atom is 0.244 e. The van der Waals surface area contributed by atoms with Crippen LogP contribution in [0.3, 0.4) is 0 Å². The number of ether oxygens (including phenoxy) is 1. The Labute approximate surface area is 207 Å². The Balaban J connectivity index is 2.42. The van der Waals surface area contributed by atoms with E-state index >= 15 is 0 Å². The monoisotopic (exact) mass is 503 g/mol. The number of rotatable bonds is 11. The van der Waals surface area contributed by atoms with Gasteiger partial charge in [-0.05, 0) is 57.5 Å². The van der Waals surface area contributed by atoms with Crippen molar-refractivity contribution in [2.24, 2.45) is 0 Å². The molecule has 0 aliphatic rings. The van der Waals surface area contributed by atoms with Gasteiger partial charge in [0.1, 0.15) is 18.3 Å². The molecule has 0 bridgehead atoms. The van der Waals surface area contributed by atoms with Gasteiger partial charge >= 0.3 is 0 Å². The molecule has 2 rings (SSSR count). The van der Waals surface area contributed by atoms with Gasteiger partial charge in [0, 0.05) is 18.2 Å². The molecule has 1 N–H and O–H groups in total. The standard InChI is InChI=1S/C25H33N3O6S/c1-17(2)26-25(31)18(3)27(15-20-10-12-23(34-5)13-11-20)24(30)16-28(35(6,32)33)22-9-7-8-21(14-22)19(4)29/h7-14,17-18H,15-16H2,1-6H3,(H,26,31).